The second-order valence-electron chi connectivity index (χ2n) is 19.4. The van der Waals surface area contributed by atoms with Gasteiger partial charge in [0.05, 0.1) is 39.6 Å². The van der Waals surface area contributed by atoms with Crippen molar-refractivity contribution in [3.05, 3.63) is 0 Å². The van der Waals surface area contributed by atoms with Crippen molar-refractivity contribution in [3.8, 4) is 0 Å². The van der Waals surface area contributed by atoms with Crippen molar-refractivity contribution in [1.29, 1.82) is 0 Å². The Morgan fingerprint density at radius 3 is 0.711 bits per heavy atom. The van der Waals surface area contributed by atoms with Gasteiger partial charge in [-0.15, -0.1) is 0 Å². The topological polar surface area (TPSA) is 554 Å². The Hall–Kier alpha value is -1.40. The molecule has 21 N–H and O–H groups in total. The third kappa shape index (κ3) is 11.5. The Morgan fingerprint density at radius 1 is 0.263 bits per heavy atom. The summed E-state index contributed by atoms with van der Waals surface area (Å²) in [5.74, 6) is -3.06. The number of rotatable bonds is 6. The molecule has 0 aromatic rings. The van der Waals surface area contributed by atoms with Crippen LogP contribution in [-0.2, 0) is 66.3 Å². The van der Waals surface area contributed by atoms with Crippen molar-refractivity contribution >= 4 is 0 Å². The highest BCUT2D eigenvalue weighted by Gasteiger charge is 2.60. The van der Waals surface area contributed by atoms with Gasteiger partial charge in [0, 0.05) is 0 Å². The molecule has 21 aliphatic heterocycles. The number of aliphatic hydroxyl groups excluding tert-OH is 20. The highest BCUT2D eigenvalue weighted by molar-refractivity contribution is 5.01. The van der Waals surface area contributed by atoms with E-state index in [2.05, 4.69) is 0 Å². The van der Waals surface area contributed by atoms with Crippen LogP contribution in [0.2, 0.25) is 0 Å². The van der Waals surface area contributed by atoms with E-state index in [1.807, 2.05) is 0 Å². The summed E-state index contributed by atoms with van der Waals surface area (Å²) in [6.07, 6.45) is -67.6. The van der Waals surface area contributed by atoms with Gasteiger partial charge in [0.2, 0.25) is 5.79 Å². The average Bonchev–Trinajstić information content (AvgIpc) is 3.42. The van der Waals surface area contributed by atoms with Crippen LogP contribution in [0.4, 0.5) is 0 Å². The van der Waals surface area contributed by atoms with Crippen LogP contribution in [0.15, 0.2) is 0 Å². The molecule has 21 fully saturated rings. The van der Waals surface area contributed by atoms with Gasteiger partial charge >= 0.3 is 0 Å². The van der Waals surface area contributed by atoms with Crippen LogP contribution in [0.1, 0.15) is 0 Å². The molecule has 35 nitrogen and oxygen atoms in total. The third-order valence-corrected chi connectivity index (χ3v) is 14.5. The fourth-order valence-corrected chi connectivity index (χ4v) is 10.1. The van der Waals surface area contributed by atoms with E-state index in [0.29, 0.717) is 0 Å². The largest absolute Gasteiger partial charge is 0.394 e. The van der Waals surface area contributed by atoms with E-state index in [-0.39, 0.29) is 0 Å². The van der Waals surface area contributed by atoms with Gasteiger partial charge in [0.25, 0.3) is 0 Å². The van der Waals surface area contributed by atoms with Crippen LogP contribution in [-0.4, -0.2) is 362 Å². The average molecular weight is 1120 g/mol. The molecule has 0 spiro atoms. The number of ether oxygens (including phenoxy) is 14. The lowest BCUT2D eigenvalue weighted by Gasteiger charge is -2.50. The van der Waals surface area contributed by atoms with Crippen molar-refractivity contribution in [2.45, 2.75) is 209 Å². The second-order valence-corrected chi connectivity index (χ2v) is 19.4. The van der Waals surface area contributed by atoms with Crippen LogP contribution in [0.3, 0.4) is 0 Å². The van der Waals surface area contributed by atoms with E-state index in [9.17, 15) is 107 Å². The van der Waals surface area contributed by atoms with Gasteiger partial charge in [-0.25, -0.2) is 0 Å². The monoisotopic (exact) mass is 1120 g/mol. The van der Waals surface area contributed by atoms with Gasteiger partial charge in [-0.2, -0.15) is 0 Å². The molecule has 34 atom stereocenters. The van der Waals surface area contributed by atoms with E-state index < -0.39 is 255 Å². The maximum absolute atomic E-state index is 11.4. The first-order valence-corrected chi connectivity index (χ1v) is 24.1. The molecule has 35 heteroatoms. The van der Waals surface area contributed by atoms with Gasteiger partial charge in [0.1, 0.15) is 165 Å². The lowest BCUT2D eigenvalue weighted by atomic mass is 9.95. The molecule has 76 heavy (non-hydrogen) atoms. The molecule has 21 aliphatic rings. The molecule has 0 amide bonds. The molecule has 442 valence electrons. The predicted molar refractivity (Wildman–Crippen MR) is 224 cm³/mol. The number of hydrogen-bond donors (Lipinski definition) is 21. The Morgan fingerprint density at radius 2 is 0.474 bits per heavy atom. The summed E-state index contributed by atoms with van der Waals surface area (Å²) < 4.78 is 78.5. The SMILES string of the molecule is OCC1O[C@H]2O[C@H]3C(CO)O[C@@H](O[C@H]4C(CO)O[C@@H](O[C@]5(O)CO[C@@H](O[C@H]6C(CO)O[C@@H](O[C@H]7C(CO)O[C@@H](O[C@H]8C(CO)O[C@@H](O[C@@H]1[C@H](O)C2O)C(O)[C@H]8O)C(O)[C@H]7O)C(O)[C@H]6O)C(O)[C@H]5O)C(O)[C@H]4O)C(O)[C@H]3O. The highest BCUT2D eigenvalue weighted by atomic mass is 16.8. The van der Waals surface area contributed by atoms with Gasteiger partial charge in [0.15, 0.2) is 44.0 Å². The third-order valence-electron chi connectivity index (χ3n) is 14.5. The van der Waals surface area contributed by atoms with Crippen LogP contribution >= 0.6 is 0 Å². The zero-order valence-corrected chi connectivity index (χ0v) is 39.6. The zero-order valence-electron chi connectivity index (χ0n) is 39.6. The van der Waals surface area contributed by atoms with Gasteiger partial charge < -0.3 is 174 Å². The maximum atomic E-state index is 11.4. The minimum atomic E-state index is -3.06. The van der Waals surface area contributed by atoms with Crippen molar-refractivity contribution in [2.24, 2.45) is 0 Å². The predicted octanol–water partition coefficient (Wildman–Crippen LogP) is -15.3. The van der Waals surface area contributed by atoms with Crippen molar-refractivity contribution in [2.75, 3.05) is 46.2 Å². The highest BCUT2D eigenvalue weighted by Crippen LogP contribution is 2.39. The van der Waals surface area contributed by atoms with E-state index in [4.69, 9.17) is 66.3 Å². The second kappa shape index (κ2) is 25.0. The summed E-state index contributed by atoms with van der Waals surface area (Å²) in [5, 5.41) is 230. The standard InChI is InChI=1S/C41H68O35/c42-1-8-27-14(48)20(54)35(64-8)71-28-9(2-43)65-36(21(55)15(28)49)72-29-10(3-44)66-37(22(56)16(29)50)73-30-11(4-45)67-38(23(57)17(30)51)74-31-12(5-46)68-39(24(58)18(31)52)75-32-13(6-47)69-40(25(59)19(32)53)76-41(62)7-63-34(70-27)26(60)33(41)61/h8-40,42-62H,1-7H2/t8?,9?,10?,11?,12?,13?,14-,15-,16-,17-,18-,19-,20?,21?,22?,23?,24?,25?,26?,27+,28+,29+,30+,31+,32+,33-,34+,35+,36+,37+,38+,39+,40+,41-/m1/s1. The molecule has 0 saturated carbocycles. The Bertz CT molecular complexity index is 1820. The Labute approximate surface area is 428 Å². The molecule has 13 unspecified atom stereocenters. The van der Waals surface area contributed by atoms with Crippen molar-refractivity contribution < 1.29 is 174 Å². The maximum Gasteiger partial charge on any atom is 0.221 e. The van der Waals surface area contributed by atoms with Crippen molar-refractivity contribution in [1.82, 2.24) is 0 Å². The molecule has 21 saturated heterocycles. The van der Waals surface area contributed by atoms with Crippen LogP contribution < -0.4 is 0 Å². The van der Waals surface area contributed by atoms with E-state index in [1.165, 1.54) is 0 Å². The van der Waals surface area contributed by atoms with Crippen LogP contribution in [0, 0.1) is 0 Å². The summed E-state index contributed by atoms with van der Waals surface area (Å²) >= 11 is 0. The van der Waals surface area contributed by atoms with E-state index in [0.717, 1.165) is 0 Å². The van der Waals surface area contributed by atoms with Gasteiger partial charge in [-0.05, 0) is 0 Å². The van der Waals surface area contributed by atoms with Crippen molar-refractivity contribution in [3.63, 3.8) is 0 Å². The fraction of sp³-hybridized carbons (Fsp3) is 1.00. The summed E-state index contributed by atoms with van der Waals surface area (Å²) in [5.41, 5.74) is 0. The number of hydrogen-bond acceptors (Lipinski definition) is 35. The summed E-state index contributed by atoms with van der Waals surface area (Å²) in [4.78, 5) is 0. The van der Waals surface area contributed by atoms with E-state index in [1.54, 1.807) is 0 Å². The van der Waals surface area contributed by atoms with Crippen LogP contribution in [0.25, 0.3) is 0 Å². The Kier molecular flexibility index (Phi) is 20.0. The summed E-state index contributed by atoms with van der Waals surface area (Å²) in [7, 11) is 0. The fourth-order valence-electron chi connectivity index (χ4n) is 10.1. The first kappa shape index (κ1) is 60.7. The smallest absolute Gasteiger partial charge is 0.221 e. The van der Waals surface area contributed by atoms with Crippen LogP contribution in [0.5, 0.6) is 0 Å². The van der Waals surface area contributed by atoms with E-state index >= 15 is 0 Å². The first-order valence-electron chi connectivity index (χ1n) is 24.1. The number of aliphatic hydroxyl groups is 21. The minimum absolute atomic E-state index is 1.05. The van der Waals surface area contributed by atoms with Gasteiger partial charge in [-0.3, -0.25) is 0 Å². The lowest BCUT2D eigenvalue weighted by molar-refractivity contribution is -0.433. The first-order chi connectivity index (χ1) is 36.1. The molecule has 14 bridgehead atoms. The molecule has 0 aromatic carbocycles. The molecule has 0 aliphatic carbocycles. The summed E-state index contributed by atoms with van der Waals surface area (Å²) in [6.45, 7) is -7.50. The summed E-state index contributed by atoms with van der Waals surface area (Å²) in [6, 6.07) is 0. The normalized spacial score (nSPS) is 55.9. The Balaban J connectivity index is 1.07. The molecule has 0 radical (unpaired) electrons. The lowest BCUT2D eigenvalue weighted by Crippen LogP contribution is -2.69. The molecule has 0 aromatic heterocycles. The quantitative estimate of drug-likeness (QED) is 0.117. The molecular formula is C41H68O35. The molecular weight excluding hydrogens is 1050 g/mol. The minimum Gasteiger partial charge on any atom is -0.394 e. The molecule has 21 rings (SSSR count). The molecule has 21 heterocycles. The zero-order chi connectivity index (χ0) is 55.4. The van der Waals surface area contributed by atoms with Gasteiger partial charge in [-0.1, -0.05) is 0 Å².